The fourth-order valence-electron chi connectivity index (χ4n) is 1.97. The molecule has 6 heteroatoms. The molecule has 1 aromatic carbocycles. The SMILES string of the molecule is CCCn1cc(C(=O)Nc2ccc(C)c(C(=O)O)c2)cn1. The van der Waals surface area contributed by atoms with E-state index in [1.54, 1.807) is 29.9 Å². The summed E-state index contributed by atoms with van der Waals surface area (Å²) >= 11 is 0. The van der Waals surface area contributed by atoms with E-state index < -0.39 is 5.97 Å². The fraction of sp³-hybridized carbons (Fsp3) is 0.267. The predicted molar refractivity (Wildman–Crippen MR) is 78.6 cm³/mol. The van der Waals surface area contributed by atoms with Gasteiger partial charge in [0.25, 0.3) is 5.91 Å². The van der Waals surface area contributed by atoms with Crippen molar-refractivity contribution in [1.82, 2.24) is 9.78 Å². The maximum Gasteiger partial charge on any atom is 0.336 e. The molecular formula is C15H17N3O3. The Labute approximate surface area is 122 Å². The Morgan fingerprint density at radius 2 is 2.14 bits per heavy atom. The molecular weight excluding hydrogens is 270 g/mol. The van der Waals surface area contributed by atoms with Gasteiger partial charge < -0.3 is 10.4 Å². The molecule has 2 aromatic rings. The second kappa shape index (κ2) is 6.21. The lowest BCUT2D eigenvalue weighted by molar-refractivity contribution is 0.0695. The van der Waals surface area contributed by atoms with Gasteiger partial charge >= 0.3 is 5.97 Å². The average molecular weight is 287 g/mol. The van der Waals surface area contributed by atoms with Gasteiger partial charge in [-0.2, -0.15) is 5.10 Å². The number of aromatic carboxylic acids is 1. The van der Waals surface area contributed by atoms with Crippen LogP contribution >= 0.6 is 0 Å². The molecule has 0 radical (unpaired) electrons. The summed E-state index contributed by atoms with van der Waals surface area (Å²) in [6.45, 7) is 4.49. The molecule has 1 amide bonds. The van der Waals surface area contributed by atoms with Crippen LogP contribution < -0.4 is 5.32 Å². The zero-order chi connectivity index (χ0) is 15.4. The first-order chi connectivity index (χ1) is 10.0. The van der Waals surface area contributed by atoms with Gasteiger partial charge in [-0.05, 0) is 31.0 Å². The van der Waals surface area contributed by atoms with Gasteiger partial charge in [-0.15, -0.1) is 0 Å². The van der Waals surface area contributed by atoms with Crippen molar-refractivity contribution in [2.45, 2.75) is 26.8 Å². The molecule has 2 N–H and O–H groups in total. The third-order valence-electron chi connectivity index (χ3n) is 3.07. The minimum atomic E-state index is -1.01. The molecule has 0 aliphatic rings. The highest BCUT2D eigenvalue weighted by Gasteiger charge is 2.12. The van der Waals surface area contributed by atoms with E-state index in [1.165, 1.54) is 12.3 Å². The average Bonchev–Trinajstić information content (AvgIpc) is 2.90. The van der Waals surface area contributed by atoms with Crippen molar-refractivity contribution < 1.29 is 14.7 Å². The summed E-state index contributed by atoms with van der Waals surface area (Å²) in [5.74, 6) is -1.32. The Bertz CT molecular complexity index is 677. The Morgan fingerprint density at radius 3 is 2.81 bits per heavy atom. The first-order valence-electron chi connectivity index (χ1n) is 6.69. The van der Waals surface area contributed by atoms with Crippen LogP contribution in [0.25, 0.3) is 0 Å². The van der Waals surface area contributed by atoms with Crippen molar-refractivity contribution in [2.75, 3.05) is 5.32 Å². The molecule has 0 aliphatic carbocycles. The number of rotatable bonds is 5. The van der Waals surface area contributed by atoms with Gasteiger partial charge in [-0.3, -0.25) is 9.48 Å². The molecule has 0 bridgehead atoms. The Hall–Kier alpha value is -2.63. The van der Waals surface area contributed by atoms with Gasteiger partial charge in [-0.25, -0.2) is 4.79 Å². The standard InChI is InChI=1S/C15H17N3O3/c1-3-6-18-9-11(8-16-18)14(19)17-12-5-4-10(2)13(7-12)15(20)21/h4-5,7-9H,3,6H2,1-2H3,(H,17,19)(H,20,21). The van der Waals surface area contributed by atoms with E-state index in [1.807, 2.05) is 6.92 Å². The molecule has 0 saturated heterocycles. The number of carbonyl (C=O) groups is 2. The lowest BCUT2D eigenvalue weighted by Crippen LogP contribution is -2.12. The lowest BCUT2D eigenvalue weighted by Gasteiger charge is -2.06. The van der Waals surface area contributed by atoms with Crippen molar-refractivity contribution in [1.29, 1.82) is 0 Å². The second-order valence-electron chi connectivity index (χ2n) is 4.78. The van der Waals surface area contributed by atoms with Gasteiger partial charge in [0.2, 0.25) is 0 Å². The normalized spacial score (nSPS) is 10.4. The van der Waals surface area contributed by atoms with E-state index in [-0.39, 0.29) is 11.5 Å². The van der Waals surface area contributed by atoms with Crippen LogP contribution in [0.1, 0.15) is 39.6 Å². The van der Waals surface area contributed by atoms with E-state index in [4.69, 9.17) is 5.11 Å². The topological polar surface area (TPSA) is 84.2 Å². The van der Waals surface area contributed by atoms with Crippen molar-refractivity contribution >= 4 is 17.6 Å². The van der Waals surface area contributed by atoms with Crippen LogP contribution in [-0.4, -0.2) is 26.8 Å². The number of anilines is 1. The number of hydrogen-bond acceptors (Lipinski definition) is 3. The number of aromatic nitrogens is 2. The van der Waals surface area contributed by atoms with Crippen molar-refractivity contribution in [3.05, 3.63) is 47.3 Å². The van der Waals surface area contributed by atoms with E-state index in [2.05, 4.69) is 10.4 Å². The van der Waals surface area contributed by atoms with Crippen LogP contribution in [0.15, 0.2) is 30.6 Å². The quantitative estimate of drug-likeness (QED) is 0.885. The summed E-state index contributed by atoms with van der Waals surface area (Å²) in [5, 5.41) is 15.8. The molecule has 0 atom stereocenters. The lowest BCUT2D eigenvalue weighted by atomic mass is 10.1. The third kappa shape index (κ3) is 3.47. The highest BCUT2D eigenvalue weighted by Crippen LogP contribution is 2.16. The van der Waals surface area contributed by atoms with Gasteiger partial charge in [0, 0.05) is 18.4 Å². The molecule has 0 aliphatic heterocycles. The fourth-order valence-corrected chi connectivity index (χ4v) is 1.97. The Kier molecular flexibility index (Phi) is 4.37. The minimum Gasteiger partial charge on any atom is -0.478 e. The number of amides is 1. The Balaban J connectivity index is 2.15. The molecule has 1 aromatic heterocycles. The summed E-state index contributed by atoms with van der Waals surface area (Å²) in [6.07, 6.45) is 4.10. The molecule has 0 spiro atoms. The number of aryl methyl sites for hydroxylation is 2. The number of nitrogens with one attached hydrogen (secondary N) is 1. The summed E-state index contributed by atoms with van der Waals surface area (Å²) in [4.78, 5) is 23.2. The van der Waals surface area contributed by atoms with Crippen molar-refractivity contribution in [2.24, 2.45) is 0 Å². The van der Waals surface area contributed by atoms with Crippen LogP contribution in [-0.2, 0) is 6.54 Å². The highest BCUT2D eigenvalue weighted by atomic mass is 16.4. The minimum absolute atomic E-state index is 0.175. The zero-order valence-corrected chi connectivity index (χ0v) is 12.0. The number of carbonyl (C=O) groups excluding carboxylic acids is 1. The van der Waals surface area contributed by atoms with Gasteiger partial charge in [0.1, 0.15) is 0 Å². The first-order valence-corrected chi connectivity index (χ1v) is 6.69. The van der Waals surface area contributed by atoms with Gasteiger partial charge in [0.05, 0.1) is 17.3 Å². The largest absolute Gasteiger partial charge is 0.478 e. The van der Waals surface area contributed by atoms with E-state index in [9.17, 15) is 9.59 Å². The number of carboxylic acid groups (broad SMARTS) is 1. The summed E-state index contributed by atoms with van der Waals surface area (Å²) in [5.41, 5.74) is 1.72. The van der Waals surface area contributed by atoms with Crippen molar-refractivity contribution in [3.8, 4) is 0 Å². The molecule has 0 saturated carbocycles. The molecule has 2 rings (SSSR count). The third-order valence-corrected chi connectivity index (χ3v) is 3.07. The van der Waals surface area contributed by atoms with E-state index in [0.29, 0.717) is 16.8 Å². The van der Waals surface area contributed by atoms with E-state index >= 15 is 0 Å². The van der Waals surface area contributed by atoms with Crippen LogP contribution in [0, 0.1) is 6.92 Å². The molecule has 0 fully saturated rings. The van der Waals surface area contributed by atoms with Crippen LogP contribution in [0.5, 0.6) is 0 Å². The first kappa shape index (κ1) is 14.8. The maximum atomic E-state index is 12.1. The van der Waals surface area contributed by atoms with E-state index in [0.717, 1.165) is 13.0 Å². The van der Waals surface area contributed by atoms with Gasteiger partial charge in [0.15, 0.2) is 0 Å². The number of hydrogen-bond donors (Lipinski definition) is 2. The maximum absolute atomic E-state index is 12.1. The summed E-state index contributed by atoms with van der Waals surface area (Å²) in [7, 11) is 0. The summed E-state index contributed by atoms with van der Waals surface area (Å²) in [6, 6.07) is 4.79. The second-order valence-corrected chi connectivity index (χ2v) is 4.78. The number of benzene rings is 1. The molecule has 6 nitrogen and oxygen atoms in total. The van der Waals surface area contributed by atoms with Crippen LogP contribution in [0.3, 0.4) is 0 Å². The molecule has 1 heterocycles. The number of nitrogens with zero attached hydrogens (tertiary/aromatic N) is 2. The zero-order valence-electron chi connectivity index (χ0n) is 12.0. The van der Waals surface area contributed by atoms with Crippen LogP contribution in [0.2, 0.25) is 0 Å². The highest BCUT2D eigenvalue weighted by molar-refractivity contribution is 6.04. The smallest absolute Gasteiger partial charge is 0.336 e. The summed E-state index contributed by atoms with van der Waals surface area (Å²) < 4.78 is 1.70. The van der Waals surface area contributed by atoms with Gasteiger partial charge in [-0.1, -0.05) is 13.0 Å². The van der Waals surface area contributed by atoms with Crippen LogP contribution in [0.4, 0.5) is 5.69 Å². The monoisotopic (exact) mass is 287 g/mol. The van der Waals surface area contributed by atoms with Crippen molar-refractivity contribution in [3.63, 3.8) is 0 Å². The Morgan fingerprint density at radius 1 is 1.38 bits per heavy atom. The predicted octanol–water partition coefficient (Wildman–Crippen LogP) is 2.55. The molecule has 110 valence electrons. The molecule has 21 heavy (non-hydrogen) atoms. The molecule has 0 unspecified atom stereocenters. The number of carboxylic acids is 1.